The first-order chi connectivity index (χ1) is 6.74. The minimum Gasteiger partial charge on any atom is -0.389 e. The summed E-state index contributed by atoms with van der Waals surface area (Å²) in [4.78, 5) is 2.41. The highest BCUT2D eigenvalue weighted by Gasteiger charge is 2.35. The van der Waals surface area contributed by atoms with Crippen molar-refractivity contribution in [3.05, 3.63) is 0 Å². The van der Waals surface area contributed by atoms with Gasteiger partial charge >= 0.3 is 0 Å². The van der Waals surface area contributed by atoms with Gasteiger partial charge in [0.2, 0.25) is 0 Å². The van der Waals surface area contributed by atoms with Gasteiger partial charge in [-0.3, -0.25) is 0 Å². The molecule has 1 N–H and O–H groups in total. The summed E-state index contributed by atoms with van der Waals surface area (Å²) in [6.07, 6.45) is 0. The second kappa shape index (κ2) is 6.12. The number of hydrogen-bond acceptors (Lipinski definition) is 3. The Morgan fingerprint density at radius 2 is 1.53 bits per heavy atom. The molecule has 0 amide bonds. The van der Waals surface area contributed by atoms with Crippen LogP contribution in [0.4, 0.5) is 0 Å². The molecule has 0 aromatic carbocycles. The molecular weight excluding hydrogens is 206 g/mol. The molecule has 0 spiro atoms. The number of rotatable bonds is 7. The van der Waals surface area contributed by atoms with Gasteiger partial charge in [-0.15, -0.1) is 0 Å². The Bertz CT molecular complexity index is 171. The van der Waals surface area contributed by atoms with E-state index < -0.39 is 5.60 Å². The molecule has 0 aliphatic carbocycles. The van der Waals surface area contributed by atoms with Crippen LogP contribution in [-0.4, -0.2) is 45.7 Å². The van der Waals surface area contributed by atoms with Gasteiger partial charge in [0.05, 0.1) is 5.60 Å². The first-order valence-corrected chi connectivity index (χ1v) is 6.81. The predicted molar refractivity (Wildman–Crippen MR) is 70.6 cm³/mol. The molecule has 0 aliphatic rings. The van der Waals surface area contributed by atoms with E-state index in [0.29, 0.717) is 0 Å². The summed E-state index contributed by atoms with van der Waals surface area (Å²) >= 11 is 1.85. The van der Waals surface area contributed by atoms with Crippen LogP contribution in [0.25, 0.3) is 0 Å². The zero-order valence-corrected chi connectivity index (χ0v) is 11.9. The Kier molecular flexibility index (Phi) is 6.23. The van der Waals surface area contributed by atoms with Crippen molar-refractivity contribution < 1.29 is 5.11 Å². The minimum absolute atomic E-state index is 0.0832. The van der Waals surface area contributed by atoms with Crippen molar-refractivity contribution in [2.45, 2.75) is 51.9 Å². The maximum absolute atomic E-state index is 9.99. The summed E-state index contributed by atoms with van der Waals surface area (Å²) < 4.78 is -0.0832. The first-order valence-electron chi connectivity index (χ1n) is 5.83. The molecule has 2 nitrogen and oxygen atoms in total. The lowest BCUT2D eigenvalue weighted by molar-refractivity contribution is 0.0492. The van der Waals surface area contributed by atoms with Crippen molar-refractivity contribution in [3.8, 4) is 0 Å². The van der Waals surface area contributed by atoms with Crippen molar-refractivity contribution in [1.82, 2.24) is 4.90 Å². The van der Waals surface area contributed by atoms with Crippen LogP contribution in [0.15, 0.2) is 0 Å². The molecule has 0 radical (unpaired) electrons. The maximum Gasteiger partial charge on any atom is 0.0732 e. The van der Waals surface area contributed by atoms with Crippen LogP contribution in [0, 0.1) is 0 Å². The Morgan fingerprint density at radius 1 is 1.07 bits per heavy atom. The van der Waals surface area contributed by atoms with Gasteiger partial charge in [-0.1, -0.05) is 13.8 Å². The third kappa shape index (κ3) is 5.23. The lowest BCUT2D eigenvalue weighted by Crippen LogP contribution is -2.43. The maximum atomic E-state index is 9.99. The number of thioether (sulfide) groups is 1. The quantitative estimate of drug-likeness (QED) is 0.731. The highest BCUT2D eigenvalue weighted by Crippen LogP contribution is 2.34. The van der Waals surface area contributed by atoms with E-state index in [2.05, 4.69) is 32.6 Å². The molecule has 0 heterocycles. The van der Waals surface area contributed by atoms with Gasteiger partial charge in [0.25, 0.3) is 0 Å². The fraction of sp³-hybridized carbons (Fsp3) is 1.00. The van der Waals surface area contributed by atoms with E-state index in [-0.39, 0.29) is 4.75 Å². The smallest absolute Gasteiger partial charge is 0.0732 e. The fourth-order valence-corrected chi connectivity index (χ4v) is 2.36. The van der Waals surface area contributed by atoms with E-state index in [1.807, 2.05) is 25.6 Å². The van der Waals surface area contributed by atoms with Crippen LogP contribution in [-0.2, 0) is 0 Å². The topological polar surface area (TPSA) is 23.5 Å². The lowest BCUT2D eigenvalue weighted by atomic mass is 9.94. The summed E-state index contributed by atoms with van der Waals surface area (Å²) in [5.41, 5.74) is -0.624. The number of aliphatic hydroxyl groups is 1. The van der Waals surface area contributed by atoms with E-state index in [4.69, 9.17) is 0 Å². The summed E-state index contributed by atoms with van der Waals surface area (Å²) in [5.74, 6) is 1.08. The van der Waals surface area contributed by atoms with Gasteiger partial charge in [-0.2, -0.15) is 11.8 Å². The van der Waals surface area contributed by atoms with Gasteiger partial charge in [0.15, 0.2) is 0 Å². The molecule has 0 atom stereocenters. The monoisotopic (exact) mass is 233 g/mol. The Morgan fingerprint density at radius 3 is 1.87 bits per heavy atom. The minimum atomic E-state index is -0.624. The van der Waals surface area contributed by atoms with E-state index in [9.17, 15) is 5.11 Å². The molecule has 0 unspecified atom stereocenters. The van der Waals surface area contributed by atoms with Crippen LogP contribution in [0.5, 0.6) is 0 Å². The zero-order valence-electron chi connectivity index (χ0n) is 11.1. The number of hydrogen-bond donors (Lipinski definition) is 1. The second-order valence-electron chi connectivity index (χ2n) is 4.94. The molecule has 15 heavy (non-hydrogen) atoms. The lowest BCUT2D eigenvalue weighted by Gasteiger charge is -2.37. The molecule has 0 aromatic rings. The van der Waals surface area contributed by atoms with Gasteiger partial charge in [-0.25, -0.2) is 0 Å². The molecule has 0 bridgehead atoms. The molecule has 3 heteroatoms. The Balaban J connectivity index is 3.95. The van der Waals surface area contributed by atoms with Crippen LogP contribution >= 0.6 is 11.8 Å². The normalized spacial score (nSPS) is 13.6. The average Bonchev–Trinajstić information content (AvgIpc) is 2.10. The zero-order chi connectivity index (χ0) is 12.1. The molecule has 0 aliphatic heterocycles. The van der Waals surface area contributed by atoms with Crippen molar-refractivity contribution >= 4 is 11.8 Å². The molecule has 92 valence electrons. The van der Waals surface area contributed by atoms with Crippen molar-refractivity contribution in [3.63, 3.8) is 0 Å². The van der Waals surface area contributed by atoms with Gasteiger partial charge in [0, 0.05) is 17.0 Å². The molecule has 0 saturated heterocycles. The highest BCUT2D eigenvalue weighted by atomic mass is 32.2. The third-order valence-electron chi connectivity index (χ3n) is 3.24. The van der Waals surface area contributed by atoms with Crippen LogP contribution < -0.4 is 0 Å². The van der Waals surface area contributed by atoms with E-state index in [1.165, 1.54) is 0 Å². The van der Waals surface area contributed by atoms with Crippen molar-refractivity contribution in [2.75, 3.05) is 25.4 Å². The largest absolute Gasteiger partial charge is 0.389 e. The Hall–Kier alpha value is 0.270. The second-order valence-corrected chi connectivity index (χ2v) is 6.66. The van der Waals surface area contributed by atoms with Crippen LogP contribution in [0.1, 0.15) is 41.5 Å². The summed E-state index contributed by atoms with van der Waals surface area (Å²) in [5, 5.41) is 9.99. The fourth-order valence-electron chi connectivity index (χ4n) is 1.15. The van der Waals surface area contributed by atoms with E-state index >= 15 is 0 Å². The van der Waals surface area contributed by atoms with Crippen LogP contribution in [0.3, 0.4) is 0 Å². The van der Waals surface area contributed by atoms with Gasteiger partial charge in [0.1, 0.15) is 0 Å². The standard InChI is InChI=1S/C12H27NOS/c1-7-13(8-2)9-10-15-12(5,6)11(3,4)14/h14H,7-10H2,1-6H3. The SMILES string of the molecule is CCN(CC)CCSC(C)(C)C(C)(C)O. The van der Waals surface area contributed by atoms with E-state index in [1.54, 1.807) is 0 Å². The predicted octanol–water partition coefficient (Wildman–Crippen LogP) is 2.61. The molecule has 0 fully saturated rings. The summed E-state index contributed by atoms with van der Waals surface area (Å²) in [7, 11) is 0. The first kappa shape index (κ1) is 15.3. The molecule has 0 aromatic heterocycles. The number of nitrogens with zero attached hydrogens (tertiary/aromatic N) is 1. The van der Waals surface area contributed by atoms with Gasteiger partial charge < -0.3 is 10.0 Å². The van der Waals surface area contributed by atoms with Crippen molar-refractivity contribution in [1.29, 1.82) is 0 Å². The van der Waals surface area contributed by atoms with E-state index in [0.717, 1.165) is 25.4 Å². The third-order valence-corrected chi connectivity index (χ3v) is 4.85. The van der Waals surface area contributed by atoms with Crippen LogP contribution in [0.2, 0.25) is 0 Å². The highest BCUT2D eigenvalue weighted by molar-refractivity contribution is 8.00. The average molecular weight is 233 g/mol. The van der Waals surface area contributed by atoms with Gasteiger partial charge in [-0.05, 0) is 40.8 Å². The molecular formula is C12H27NOS. The summed E-state index contributed by atoms with van der Waals surface area (Å²) in [6.45, 7) is 15.7. The Labute approximate surface area is 99.4 Å². The molecule has 0 rings (SSSR count). The molecule has 0 saturated carbocycles. The van der Waals surface area contributed by atoms with Crippen molar-refractivity contribution in [2.24, 2.45) is 0 Å². The summed E-state index contributed by atoms with van der Waals surface area (Å²) in [6, 6.07) is 0.